The molecular formula is C18H34N4O. The fourth-order valence-corrected chi connectivity index (χ4v) is 4.51. The Balaban J connectivity index is 1.34. The second kappa shape index (κ2) is 8.45. The molecule has 0 aromatic heterocycles. The lowest BCUT2D eigenvalue weighted by Crippen LogP contribution is -2.41. The molecule has 0 aromatic rings. The Hall–Kier alpha value is -0.650. The Morgan fingerprint density at radius 2 is 1.91 bits per heavy atom. The lowest BCUT2D eigenvalue weighted by molar-refractivity contribution is -0.125. The summed E-state index contributed by atoms with van der Waals surface area (Å²) in [5, 5.41) is 6.55. The van der Waals surface area contributed by atoms with Crippen molar-refractivity contribution in [3.8, 4) is 0 Å². The summed E-state index contributed by atoms with van der Waals surface area (Å²) in [6.45, 7) is 9.03. The van der Waals surface area contributed by atoms with Crippen molar-refractivity contribution >= 4 is 5.91 Å². The van der Waals surface area contributed by atoms with Crippen LogP contribution in [0.3, 0.4) is 0 Å². The number of rotatable bonds is 5. The zero-order chi connectivity index (χ0) is 16.1. The standard InChI is InChI=1S/C18H34N4O/c1-21-9-2-3-16(12-21)14-22-10-6-15(13-22)11-20-18(23)17-4-7-19-8-5-17/h15-17,19H,2-14H2,1H3,(H,20,23)/t15-,16-/m1/s1. The van der Waals surface area contributed by atoms with Gasteiger partial charge in [0.25, 0.3) is 0 Å². The van der Waals surface area contributed by atoms with Gasteiger partial charge in [-0.2, -0.15) is 0 Å². The molecule has 5 nitrogen and oxygen atoms in total. The van der Waals surface area contributed by atoms with Gasteiger partial charge < -0.3 is 20.4 Å². The summed E-state index contributed by atoms with van der Waals surface area (Å²) < 4.78 is 0. The zero-order valence-corrected chi connectivity index (χ0v) is 14.7. The van der Waals surface area contributed by atoms with Gasteiger partial charge in [0.1, 0.15) is 0 Å². The Morgan fingerprint density at radius 3 is 2.70 bits per heavy atom. The van der Waals surface area contributed by atoms with Crippen molar-refractivity contribution in [1.82, 2.24) is 20.4 Å². The maximum atomic E-state index is 12.2. The summed E-state index contributed by atoms with van der Waals surface area (Å²) in [7, 11) is 2.25. The van der Waals surface area contributed by atoms with Crippen LogP contribution in [0.1, 0.15) is 32.1 Å². The van der Waals surface area contributed by atoms with Crippen molar-refractivity contribution in [3.63, 3.8) is 0 Å². The maximum Gasteiger partial charge on any atom is 0.223 e. The van der Waals surface area contributed by atoms with Gasteiger partial charge >= 0.3 is 0 Å². The molecular weight excluding hydrogens is 288 g/mol. The van der Waals surface area contributed by atoms with Crippen LogP contribution in [0.4, 0.5) is 0 Å². The quantitative estimate of drug-likeness (QED) is 0.785. The minimum atomic E-state index is 0.242. The normalized spacial score (nSPS) is 31.3. The third-order valence-corrected chi connectivity index (χ3v) is 5.88. The smallest absolute Gasteiger partial charge is 0.223 e. The predicted octanol–water partition coefficient (Wildman–Crippen LogP) is 0.766. The topological polar surface area (TPSA) is 47.6 Å². The van der Waals surface area contributed by atoms with Crippen molar-refractivity contribution in [3.05, 3.63) is 0 Å². The molecule has 0 unspecified atom stereocenters. The first-order chi connectivity index (χ1) is 11.2. The SMILES string of the molecule is CN1CCC[C@@H](CN2CC[C@H](CNC(=O)C3CCNCC3)C2)C1. The van der Waals surface area contributed by atoms with E-state index in [0.717, 1.165) is 38.4 Å². The first kappa shape index (κ1) is 17.2. The molecule has 0 aliphatic carbocycles. The third kappa shape index (κ3) is 5.16. The van der Waals surface area contributed by atoms with Crippen LogP contribution in [0.5, 0.6) is 0 Å². The second-order valence-corrected chi connectivity index (χ2v) is 7.95. The molecule has 3 aliphatic rings. The molecule has 132 valence electrons. The fraction of sp³-hybridized carbons (Fsp3) is 0.944. The van der Waals surface area contributed by atoms with Crippen molar-refractivity contribution in [1.29, 1.82) is 0 Å². The number of likely N-dealkylation sites (tertiary alicyclic amines) is 2. The highest BCUT2D eigenvalue weighted by Crippen LogP contribution is 2.21. The van der Waals surface area contributed by atoms with E-state index in [-0.39, 0.29) is 5.92 Å². The van der Waals surface area contributed by atoms with Crippen LogP contribution >= 0.6 is 0 Å². The molecule has 1 amide bonds. The van der Waals surface area contributed by atoms with Crippen molar-refractivity contribution in [2.45, 2.75) is 32.1 Å². The van der Waals surface area contributed by atoms with E-state index >= 15 is 0 Å². The second-order valence-electron chi connectivity index (χ2n) is 7.95. The molecule has 3 rings (SSSR count). The van der Waals surface area contributed by atoms with Crippen LogP contribution in [0.2, 0.25) is 0 Å². The Bertz CT molecular complexity index is 383. The molecule has 0 spiro atoms. The monoisotopic (exact) mass is 322 g/mol. The predicted molar refractivity (Wildman–Crippen MR) is 93.4 cm³/mol. The number of nitrogens with one attached hydrogen (secondary N) is 2. The van der Waals surface area contributed by atoms with E-state index in [2.05, 4.69) is 27.5 Å². The summed E-state index contributed by atoms with van der Waals surface area (Å²) in [6.07, 6.45) is 5.98. The van der Waals surface area contributed by atoms with Crippen molar-refractivity contribution in [2.24, 2.45) is 17.8 Å². The summed E-state index contributed by atoms with van der Waals surface area (Å²) in [6, 6.07) is 0. The van der Waals surface area contributed by atoms with E-state index in [1.807, 2.05) is 0 Å². The van der Waals surface area contributed by atoms with E-state index < -0.39 is 0 Å². The number of amides is 1. The number of hydrogen-bond donors (Lipinski definition) is 2. The largest absolute Gasteiger partial charge is 0.356 e. The molecule has 0 saturated carbocycles. The summed E-state index contributed by atoms with van der Waals surface area (Å²) in [4.78, 5) is 17.3. The van der Waals surface area contributed by atoms with Gasteiger partial charge in [0.15, 0.2) is 0 Å². The summed E-state index contributed by atoms with van der Waals surface area (Å²) >= 11 is 0. The molecule has 3 fully saturated rings. The molecule has 2 atom stereocenters. The highest BCUT2D eigenvalue weighted by atomic mass is 16.1. The van der Waals surface area contributed by atoms with Crippen LogP contribution in [0, 0.1) is 17.8 Å². The van der Waals surface area contributed by atoms with Gasteiger partial charge in [0, 0.05) is 32.1 Å². The molecule has 0 bridgehead atoms. The highest BCUT2D eigenvalue weighted by molar-refractivity contribution is 5.78. The van der Waals surface area contributed by atoms with Crippen LogP contribution in [-0.4, -0.2) is 75.1 Å². The van der Waals surface area contributed by atoms with E-state index in [9.17, 15) is 4.79 Å². The molecule has 2 N–H and O–H groups in total. The minimum absolute atomic E-state index is 0.242. The molecule has 3 saturated heterocycles. The van der Waals surface area contributed by atoms with Gasteiger partial charge in [-0.15, -0.1) is 0 Å². The maximum absolute atomic E-state index is 12.2. The van der Waals surface area contributed by atoms with Gasteiger partial charge in [0.05, 0.1) is 0 Å². The first-order valence-corrected chi connectivity index (χ1v) is 9.60. The molecule has 3 heterocycles. The van der Waals surface area contributed by atoms with Crippen molar-refractivity contribution < 1.29 is 4.79 Å². The van der Waals surface area contributed by atoms with Gasteiger partial charge in [0.2, 0.25) is 5.91 Å². The summed E-state index contributed by atoms with van der Waals surface area (Å²) in [5.74, 6) is 2.03. The molecule has 23 heavy (non-hydrogen) atoms. The number of carbonyl (C=O) groups excluding carboxylic acids is 1. The number of hydrogen-bond acceptors (Lipinski definition) is 4. The van der Waals surface area contributed by atoms with Gasteiger partial charge in [-0.25, -0.2) is 0 Å². The average Bonchev–Trinajstić information content (AvgIpc) is 3.01. The van der Waals surface area contributed by atoms with E-state index in [0.29, 0.717) is 11.8 Å². The lowest BCUT2D eigenvalue weighted by atomic mass is 9.97. The van der Waals surface area contributed by atoms with Crippen LogP contribution in [0.25, 0.3) is 0 Å². The molecule has 0 radical (unpaired) electrons. The number of carbonyl (C=O) groups is 1. The van der Waals surface area contributed by atoms with Gasteiger partial charge in [-0.05, 0) is 77.2 Å². The van der Waals surface area contributed by atoms with E-state index in [1.54, 1.807) is 0 Å². The van der Waals surface area contributed by atoms with Crippen LogP contribution in [-0.2, 0) is 4.79 Å². The third-order valence-electron chi connectivity index (χ3n) is 5.88. The Kier molecular flexibility index (Phi) is 6.31. The number of piperidine rings is 2. The van der Waals surface area contributed by atoms with Crippen LogP contribution < -0.4 is 10.6 Å². The Morgan fingerprint density at radius 1 is 1.09 bits per heavy atom. The van der Waals surface area contributed by atoms with E-state index in [4.69, 9.17) is 0 Å². The summed E-state index contributed by atoms with van der Waals surface area (Å²) in [5.41, 5.74) is 0. The van der Waals surface area contributed by atoms with Gasteiger partial charge in [-0.1, -0.05) is 0 Å². The molecule has 0 aromatic carbocycles. The minimum Gasteiger partial charge on any atom is -0.356 e. The van der Waals surface area contributed by atoms with Crippen LogP contribution in [0.15, 0.2) is 0 Å². The highest BCUT2D eigenvalue weighted by Gasteiger charge is 2.27. The van der Waals surface area contributed by atoms with Crippen molar-refractivity contribution in [2.75, 3.05) is 59.4 Å². The fourth-order valence-electron chi connectivity index (χ4n) is 4.51. The molecule has 5 heteroatoms. The molecule has 3 aliphatic heterocycles. The first-order valence-electron chi connectivity index (χ1n) is 9.60. The average molecular weight is 322 g/mol. The van der Waals surface area contributed by atoms with E-state index in [1.165, 1.54) is 52.0 Å². The lowest BCUT2D eigenvalue weighted by Gasteiger charge is -2.32. The Labute approximate surface area is 141 Å². The zero-order valence-electron chi connectivity index (χ0n) is 14.7. The number of nitrogens with zero attached hydrogens (tertiary/aromatic N) is 2. The van der Waals surface area contributed by atoms with Gasteiger partial charge in [-0.3, -0.25) is 4.79 Å².